The molecule has 0 aliphatic rings. The van der Waals surface area contributed by atoms with Gasteiger partial charge >= 0.3 is 0 Å². The van der Waals surface area contributed by atoms with E-state index in [0.717, 1.165) is 0 Å². The van der Waals surface area contributed by atoms with Crippen LogP contribution in [-0.4, -0.2) is 0 Å². The van der Waals surface area contributed by atoms with E-state index in [2.05, 4.69) is 39.0 Å². The van der Waals surface area contributed by atoms with Gasteiger partial charge in [-0.3, -0.25) is 0 Å². The SMILES string of the molecule is CCCC/C=C/C(C)=C/CCCC. The number of hydrogen-bond donors (Lipinski definition) is 0. The van der Waals surface area contributed by atoms with Gasteiger partial charge in [-0.15, -0.1) is 0 Å². The van der Waals surface area contributed by atoms with Crippen LogP contribution in [0.4, 0.5) is 0 Å². The molecule has 0 spiro atoms. The van der Waals surface area contributed by atoms with Crippen molar-refractivity contribution in [1.82, 2.24) is 0 Å². The predicted molar refractivity (Wildman–Crippen MR) is 61.9 cm³/mol. The lowest BCUT2D eigenvalue weighted by Crippen LogP contribution is -1.73. The first kappa shape index (κ1) is 12.5. The normalized spacial score (nSPS) is 12.7. The summed E-state index contributed by atoms with van der Waals surface area (Å²) in [4.78, 5) is 0. The van der Waals surface area contributed by atoms with Crippen LogP contribution in [0.5, 0.6) is 0 Å². The summed E-state index contributed by atoms with van der Waals surface area (Å²) in [6, 6.07) is 0. The highest BCUT2D eigenvalue weighted by Gasteiger charge is 1.83. The Labute approximate surface area is 83.7 Å². The Bertz CT molecular complexity index is 151. The molecule has 0 nitrogen and oxygen atoms in total. The van der Waals surface area contributed by atoms with E-state index in [1.165, 1.54) is 44.1 Å². The molecule has 0 atom stereocenters. The van der Waals surface area contributed by atoms with Gasteiger partial charge in [0.25, 0.3) is 0 Å². The monoisotopic (exact) mass is 180 g/mol. The Kier molecular flexibility index (Phi) is 9.18. The van der Waals surface area contributed by atoms with Crippen molar-refractivity contribution in [3.8, 4) is 0 Å². The minimum atomic E-state index is 1.23. The fourth-order valence-electron chi connectivity index (χ4n) is 1.19. The Balaban J connectivity index is 3.52. The molecule has 0 aromatic carbocycles. The summed E-state index contributed by atoms with van der Waals surface area (Å²) >= 11 is 0. The van der Waals surface area contributed by atoms with Crippen LogP contribution in [0, 0.1) is 0 Å². The minimum Gasteiger partial charge on any atom is -0.0843 e. The molecule has 0 rings (SSSR count). The third kappa shape index (κ3) is 9.39. The molecule has 0 aromatic heterocycles. The van der Waals surface area contributed by atoms with E-state index < -0.39 is 0 Å². The Hall–Kier alpha value is -0.520. The van der Waals surface area contributed by atoms with Gasteiger partial charge in [-0.25, -0.2) is 0 Å². The van der Waals surface area contributed by atoms with Crippen LogP contribution in [0.15, 0.2) is 23.8 Å². The number of unbranched alkanes of at least 4 members (excludes halogenated alkanes) is 4. The summed E-state index contributed by atoms with van der Waals surface area (Å²) in [6.07, 6.45) is 14.6. The third-order valence-corrected chi connectivity index (χ3v) is 2.13. The molecule has 0 amide bonds. The Morgan fingerprint density at radius 1 is 1.00 bits per heavy atom. The molecular weight excluding hydrogens is 156 g/mol. The van der Waals surface area contributed by atoms with Crippen LogP contribution < -0.4 is 0 Å². The van der Waals surface area contributed by atoms with Crippen LogP contribution in [0.1, 0.15) is 59.3 Å². The smallest absolute Gasteiger partial charge is 0.0345 e. The van der Waals surface area contributed by atoms with Gasteiger partial charge < -0.3 is 0 Å². The van der Waals surface area contributed by atoms with Crippen molar-refractivity contribution in [3.05, 3.63) is 23.8 Å². The maximum absolute atomic E-state index is 2.34. The van der Waals surface area contributed by atoms with E-state index in [4.69, 9.17) is 0 Å². The van der Waals surface area contributed by atoms with E-state index in [1.54, 1.807) is 0 Å². The fourth-order valence-corrected chi connectivity index (χ4v) is 1.19. The molecule has 0 aliphatic carbocycles. The molecule has 0 bridgehead atoms. The second kappa shape index (κ2) is 9.57. The van der Waals surface area contributed by atoms with E-state index in [0.29, 0.717) is 0 Å². The van der Waals surface area contributed by atoms with Crippen molar-refractivity contribution in [3.63, 3.8) is 0 Å². The van der Waals surface area contributed by atoms with E-state index in [1.807, 2.05) is 0 Å². The standard InChI is InChI=1S/C13H24/c1-4-6-8-10-12-13(3)11-9-7-5-2/h10-12H,4-9H2,1-3H3/b12-10+,13-11+. The average molecular weight is 180 g/mol. The van der Waals surface area contributed by atoms with Crippen molar-refractivity contribution in [2.75, 3.05) is 0 Å². The second-order valence-electron chi connectivity index (χ2n) is 3.63. The van der Waals surface area contributed by atoms with Crippen molar-refractivity contribution in [2.24, 2.45) is 0 Å². The van der Waals surface area contributed by atoms with Crippen LogP contribution in [-0.2, 0) is 0 Å². The summed E-state index contributed by atoms with van der Waals surface area (Å²) in [5, 5.41) is 0. The van der Waals surface area contributed by atoms with E-state index in [9.17, 15) is 0 Å². The highest BCUT2D eigenvalue weighted by atomic mass is 13.9. The van der Waals surface area contributed by atoms with E-state index >= 15 is 0 Å². The van der Waals surface area contributed by atoms with Crippen molar-refractivity contribution < 1.29 is 0 Å². The summed E-state index contributed by atoms with van der Waals surface area (Å²) in [7, 11) is 0. The Morgan fingerprint density at radius 3 is 2.23 bits per heavy atom. The molecule has 0 saturated heterocycles. The van der Waals surface area contributed by atoms with Gasteiger partial charge in [-0.2, -0.15) is 0 Å². The average Bonchev–Trinajstić information content (AvgIpc) is 2.13. The zero-order chi connectivity index (χ0) is 9.94. The molecule has 0 unspecified atom stereocenters. The van der Waals surface area contributed by atoms with Gasteiger partial charge in [0, 0.05) is 0 Å². The minimum absolute atomic E-state index is 1.23. The summed E-state index contributed by atoms with van der Waals surface area (Å²) in [5.41, 5.74) is 1.42. The molecule has 0 saturated carbocycles. The molecule has 13 heavy (non-hydrogen) atoms. The number of hydrogen-bond acceptors (Lipinski definition) is 0. The van der Waals surface area contributed by atoms with Gasteiger partial charge in [-0.1, -0.05) is 63.3 Å². The van der Waals surface area contributed by atoms with Crippen molar-refractivity contribution in [1.29, 1.82) is 0 Å². The lowest BCUT2D eigenvalue weighted by Gasteiger charge is -1.93. The molecule has 0 aromatic rings. The zero-order valence-electron chi connectivity index (χ0n) is 9.47. The van der Waals surface area contributed by atoms with Gasteiger partial charge in [0.05, 0.1) is 0 Å². The summed E-state index contributed by atoms with van der Waals surface area (Å²) in [5.74, 6) is 0. The topological polar surface area (TPSA) is 0 Å². The molecule has 0 heterocycles. The first-order valence-electron chi connectivity index (χ1n) is 5.64. The summed E-state index contributed by atoms with van der Waals surface area (Å²) < 4.78 is 0. The first-order chi connectivity index (χ1) is 6.31. The Morgan fingerprint density at radius 2 is 1.62 bits per heavy atom. The quantitative estimate of drug-likeness (QED) is 0.387. The molecular formula is C13H24. The largest absolute Gasteiger partial charge is 0.0843 e. The third-order valence-electron chi connectivity index (χ3n) is 2.13. The van der Waals surface area contributed by atoms with Gasteiger partial charge in [0.2, 0.25) is 0 Å². The van der Waals surface area contributed by atoms with Crippen molar-refractivity contribution >= 4 is 0 Å². The molecule has 0 radical (unpaired) electrons. The van der Waals surface area contributed by atoms with Crippen LogP contribution in [0.2, 0.25) is 0 Å². The lowest BCUT2D eigenvalue weighted by atomic mass is 10.1. The van der Waals surface area contributed by atoms with Crippen LogP contribution >= 0.6 is 0 Å². The van der Waals surface area contributed by atoms with Crippen LogP contribution in [0.3, 0.4) is 0 Å². The highest BCUT2D eigenvalue weighted by molar-refractivity contribution is 5.15. The number of allylic oxidation sites excluding steroid dienone is 4. The van der Waals surface area contributed by atoms with Gasteiger partial charge in [-0.05, 0) is 19.8 Å². The van der Waals surface area contributed by atoms with Crippen LogP contribution in [0.25, 0.3) is 0 Å². The number of rotatable bonds is 7. The fraction of sp³-hybridized carbons (Fsp3) is 0.692. The molecule has 76 valence electrons. The van der Waals surface area contributed by atoms with Crippen molar-refractivity contribution in [2.45, 2.75) is 59.3 Å². The predicted octanol–water partition coefficient (Wildman–Crippen LogP) is 4.87. The maximum Gasteiger partial charge on any atom is -0.0345 e. The summed E-state index contributed by atoms with van der Waals surface area (Å²) in [6.45, 7) is 6.66. The van der Waals surface area contributed by atoms with Gasteiger partial charge in [0.15, 0.2) is 0 Å². The molecule has 0 N–H and O–H groups in total. The maximum atomic E-state index is 2.34. The highest BCUT2D eigenvalue weighted by Crippen LogP contribution is 2.03. The molecule has 0 heteroatoms. The van der Waals surface area contributed by atoms with Gasteiger partial charge in [0.1, 0.15) is 0 Å². The van der Waals surface area contributed by atoms with E-state index in [-0.39, 0.29) is 0 Å². The second-order valence-corrected chi connectivity index (χ2v) is 3.63. The lowest BCUT2D eigenvalue weighted by molar-refractivity contribution is 0.809. The molecule has 0 aliphatic heterocycles. The molecule has 0 fully saturated rings. The zero-order valence-corrected chi connectivity index (χ0v) is 9.47. The first-order valence-corrected chi connectivity index (χ1v) is 5.64.